The fraction of sp³-hybridized carbons (Fsp3) is 0.133. The van der Waals surface area contributed by atoms with Crippen LogP contribution in [0, 0.1) is 11.3 Å². The molecule has 5 heteroatoms. The van der Waals surface area contributed by atoms with E-state index in [1.165, 1.54) is 0 Å². The molecule has 0 saturated carbocycles. The molecular formula is C15H11Cl2NO2. The van der Waals surface area contributed by atoms with Crippen LogP contribution in [0.5, 0.6) is 11.5 Å². The van der Waals surface area contributed by atoms with Crippen LogP contribution in [0.1, 0.15) is 5.56 Å². The van der Waals surface area contributed by atoms with E-state index in [0.29, 0.717) is 40.3 Å². The minimum absolute atomic E-state index is 0.362. The van der Waals surface area contributed by atoms with Gasteiger partial charge in [0.1, 0.15) is 24.7 Å². The first-order chi connectivity index (χ1) is 9.69. The minimum Gasteiger partial charge on any atom is -0.490 e. The largest absolute Gasteiger partial charge is 0.490 e. The summed E-state index contributed by atoms with van der Waals surface area (Å²) < 4.78 is 11.0. The lowest BCUT2D eigenvalue weighted by molar-refractivity contribution is 0.217. The number of hydrogen-bond donors (Lipinski definition) is 0. The van der Waals surface area contributed by atoms with E-state index in [0.717, 1.165) is 0 Å². The monoisotopic (exact) mass is 307 g/mol. The van der Waals surface area contributed by atoms with Crippen LogP contribution >= 0.6 is 23.2 Å². The lowest BCUT2D eigenvalue weighted by Gasteiger charge is -2.09. The van der Waals surface area contributed by atoms with Gasteiger partial charge in [0.15, 0.2) is 0 Å². The van der Waals surface area contributed by atoms with Crippen molar-refractivity contribution in [2.24, 2.45) is 0 Å². The highest BCUT2D eigenvalue weighted by Gasteiger charge is 2.02. The number of hydrogen-bond acceptors (Lipinski definition) is 3. The van der Waals surface area contributed by atoms with Crippen LogP contribution in [0.3, 0.4) is 0 Å². The Balaban J connectivity index is 1.80. The van der Waals surface area contributed by atoms with Crippen molar-refractivity contribution < 1.29 is 9.47 Å². The quantitative estimate of drug-likeness (QED) is 0.772. The minimum atomic E-state index is 0.362. The molecule has 2 rings (SSSR count). The van der Waals surface area contributed by atoms with Gasteiger partial charge in [0, 0.05) is 5.02 Å². The summed E-state index contributed by atoms with van der Waals surface area (Å²) in [4.78, 5) is 0. The van der Waals surface area contributed by atoms with E-state index in [9.17, 15) is 0 Å². The van der Waals surface area contributed by atoms with Crippen molar-refractivity contribution in [1.29, 1.82) is 5.26 Å². The second-order valence-electron chi connectivity index (χ2n) is 3.91. The zero-order valence-corrected chi connectivity index (χ0v) is 12.0. The van der Waals surface area contributed by atoms with Gasteiger partial charge in [-0.05, 0) is 42.5 Å². The molecule has 0 amide bonds. The third-order valence-electron chi connectivity index (χ3n) is 2.49. The normalized spacial score (nSPS) is 9.85. The summed E-state index contributed by atoms with van der Waals surface area (Å²) in [6, 6.07) is 14.0. The number of rotatable bonds is 5. The highest BCUT2D eigenvalue weighted by molar-refractivity contribution is 6.35. The first-order valence-corrected chi connectivity index (χ1v) is 6.65. The second kappa shape index (κ2) is 7.04. The standard InChI is InChI=1S/C15H11Cl2NO2/c16-12-3-6-15(14(17)9-12)20-8-7-19-13-4-1-11(10-18)2-5-13/h1-6,9H,7-8H2. The van der Waals surface area contributed by atoms with Crippen molar-refractivity contribution in [2.75, 3.05) is 13.2 Å². The van der Waals surface area contributed by atoms with E-state index in [1.54, 1.807) is 42.5 Å². The highest BCUT2D eigenvalue weighted by atomic mass is 35.5. The van der Waals surface area contributed by atoms with E-state index >= 15 is 0 Å². The first kappa shape index (κ1) is 14.5. The van der Waals surface area contributed by atoms with Gasteiger partial charge in [0.05, 0.1) is 16.7 Å². The van der Waals surface area contributed by atoms with Gasteiger partial charge in [0.2, 0.25) is 0 Å². The predicted octanol–water partition coefficient (Wildman–Crippen LogP) is 4.32. The Kier molecular flexibility index (Phi) is 5.11. The van der Waals surface area contributed by atoms with Crippen molar-refractivity contribution in [3.05, 3.63) is 58.1 Å². The molecule has 0 N–H and O–H groups in total. The fourth-order valence-electron chi connectivity index (χ4n) is 1.53. The molecular weight excluding hydrogens is 297 g/mol. The van der Waals surface area contributed by atoms with Crippen LogP contribution in [-0.4, -0.2) is 13.2 Å². The fourth-order valence-corrected chi connectivity index (χ4v) is 1.99. The Bertz CT molecular complexity index is 621. The van der Waals surface area contributed by atoms with Gasteiger partial charge in [-0.25, -0.2) is 0 Å². The molecule has 0 heterocycles. The molecule has 0 aliphatic rings. The first-order valence-electron chi connectivity index (χ1n) is 5.90. The Hall–Kier alpha value is -1.89. The van der Waals surface area contributed by atoms with Crippen LogP contribution in [0.2, 0.25) is 10.0 Å². The van der Waals surface area contributed by atoms with Crippen LogP contribution < -0.4 is 9.47 Å². The molecule has 0 spiro atoms. The highest BCUT2D eigenvalue weighted by Crippen LogP contribution is 2.27. The summed E-state index contributed by atoms with van der Waals surface area (Å²) in [6.45, 7) is 0.742. The summed E-state index contributed by atoms with van der Waals surface area (Å²) in [5.41, 5.74) is 0.599. The maximum absolute atomic E-state index is 8.68. The summed E-state index contributed by atoms with van der Waals surface area (Å²) >= 11 is 11.8. The average molecular weight is 308 g/mol. The summed E-state index contributed by atoms with van der Waals surface area (Å²) in [7, 11) is 0. The van der Waals surface area contributed by atoms with Crippen molar-refractivity contribution in [1.82, 2.24) is 0 Å². The van der Waals surface area contributed by atoms with Crippen LogP contribution in [-0.2, 0) is 0 Å². The Morgan fingerprint density at radius 3 is 2.30 bits per heavy atom. The zero-order valence-electron chi connectivity index (χ0n) is 10.5. The average Bonchev–Trinajstić information content (AvgIpc) is 2.46. The van der Waals surface area contributed by atoms with Crippen molar-refractivity contribution in [3.63, 3.8) is 0 Å². The molecule has 2 aromatic rings. The number of benzene rings is 2. The predicted molar refractivity (Wildman–Crippen MR) is 78.6 cm³/mol. The molecule has 0 aromatic heterocycles. The maximum Gasteiger partial charge on any atom is 0.138 e. The molecule has 0 atom stereocenters. The lowest BCUT2D eigenvalue weighted by Crippen LogP contribution is -2.09. The van der Waals surface area contributed by atoms with Gasteiger partial charge in [-0.15, -0.1) is 0 Å². The topological polar surface area (TPSA) is 42.2 Å². The number of nitrogens with zero attached hydrogens (tertiary/aromatic N) is 1. The number of nitriles is 1. The number of ether oxygens (including phenoxy) is 2. The molecule has 2 aromatic carbocycles. The number of halogens is 2. The molecule has 0 aliphatic carbocycles. The van der Waals surface area contributed by atoms with Crippen molar-refractivity contribution in [2.45, 2.75) is 0 Å². The smallest absolute Gasteiger partial charge is 0.138 e. The maximum atomic E-state index is 8.68. The lowest BCUT2D eigenvalue weighted by atomic mass is 10.2. The molecule has 0 saturated heterocycles. The zero-order chi connectivity index (χ0) is 14.4. The van der Waals surface area contributed by atoms with E-state index in [2.05, 4.69) is 0 Å². The van der Waals surface area contributed by atoms with Crippen LogP contribution in [0.25, 0.3) is 0 Å². The van der Waals surface area contributed by atoms with Gasteiger partial charge in [-0.1, -0.05) is 23.2 Å². The Morgan fingerprint density at radius 1 is 0.950 bits per heavy atom. The Morgan fingerprint density at radius 2 is 1.65 bits per heavy atom. The van der Waals surface area contributed by atoms with Crippen LogP contribution in [0.15, 0.2) is 42.5 Å². The third kappa shape index (κ3) is 4.06. The van der Waals surface area contributed by atoms with E-state index in [1.807, 2.05) is 6.07 Å². The van der Waals surface area contributed by atoms with Gasteiger partial charge in [0.25, 0.3) is 0 Å². The molecule has 0 bridgehead atoms. The van der Waals surface area contributed by atoms with Crippen LogP contribution in [0.4, 0.5) is 0 Å². The second-order valence-corrected chi connectivity index (χ2v) is 4.75. The SMILES string of the molecule is N#Cc1ccc(OCCOc2ccc(Cl)cc2Cl)cc1. The van der Waals surface area contributed by atoms with Gasteiger partial charge >= 0.3 is 0 Å². The van der Waals surface area contributed by atoms with E-state index < -0.39 is 0 Å². The molecule has 3 nitrogen and oxygen atoms in total. The summed E-state index contributed by atoms with van der Waals surface area (Å²) in [5, 5.41) is 9.72. The molecule has 0 unspecified atom stereocenters. The Labute approximate surface area is 127 Å². The van der Waals surface area contributed by atoms with Gasteiger partial charge in [-0.2, -0.15) is 5.26 Å². The van der Waals surface area contributed by atoms with Crippen molar-refractivity contribution in [3.8, 4) is 17.6 Å². The van der Waals surface area contributed by atoms with Gasteiger partial charge < -0.3 is 9.47 Å². The van der Waals surface area contributed by atoms with E-state index in [4.69, 9.17) is 37.9 Å². The summed E-state index contributed by atoms with van der Waals surface area (Å²) in [5.74, 6) is 1.26. The van der Waals surface area contributed by atoms with Crippen molar-refractivity contribution >= 4 is 23.2 Å². The molecule has 20 heavy (non-hydrogen) atoms. The molecule has 0 fully saturated rings. The van der Waals surface area contributed by atoms with Gasteiger partial charge in [-0.3, -0.25) is 0 Å². The third-order valence-corrected chi connectivity index (χ3v) is 3.02. The summed E-state index contributed by atoms with van der Waals surface area (Å²) in [6.07, 6.45) is 0. The molecule has 0 radical (unpaired) electrons. The van der Waals surface area contributed by atoms with E-state index in [-0.39, 0.29) is 0 Å². The molecule has 0 aliphatic heterocycles. The molecule has 102 valence electrons.